The molecule has 0 spiro atoms. The third kappa shape index (κ3) is 4.62. The summed E-state index contributed by atoms with van der Waals surface area (Å²) in [5.74, 6) is -0.208. The maximum atomic E-state index is 13.3. The van der Waals surface area contributed by atoms with Crippen molar-refractivity contribution in [3.05, 3.63) is 53.6 Å². The van der Waals surface area contributed by atoms with Crippen molar-refractivity contribution in [2.45, 2.75) is 38.0 Å². The molecule has 156 valence electrons. The summed E-state index contributed by atoms with van der Waals surface area (Å²) in [7, 11) is -2.29. The summed E-state index contributed by atoms with van der Waals surface area (Å²) in [5, 5.41) is 2.99. The fourth-order valence-corrected chi connectivity index (χ4v) is 5.45. The van der Waals surface area contributed by atoms with Gasteiger partial charge in [-0.15, -0.1) is 0 Å². The van der Waals surface area contributed by atoms with E-state index in [-0.39, 0.29) is 23.3 Å². The number of sulfonamides is 1. The van der Waals surface area contributed by atoms with E-state index in [1.807, 2.05) is 44.2 Å². The molecule has 2 aromatic carbocycles. The summed E-state index contributed by atoms with van der Waals surface area (Å²) < 4.78 is 33.2. The van der Waals surface area contributed by atoms with Gasteiger partial charge in [-0.2, -0.15) is 4.31 Å². The summed E-state index contributed by atoms with van der Waals surface area (Å²) >= 11 is 0. The molecule has 1 N–H and O–H groups in total. The van der Waals surface area contributed by atoms with E-state index in [0.717, 1.165) is 23.2 Å². The fraction of sp³-hybridized carbons (Fsp3) is 0.409. The Morgan fingerprint density at radius 1 is 1.24 bits per heavy atom. The Kier molecular flexibility index (Phi) is 6.59. The molecule has 1 fully saturated rings. The molecule has 1 aliphatic heterocycles. The minimum Gasteiger partial charge on any atom is -0.495 e. The number of hydrogen-bond acceptors (Lipinski definition) is 4. The lowest BCUT2D eigenvalue weighted by Crippen LogP contribution is -2.43. The molecule has 1 aliphatic rings. The Hall–Kier alpha value is -2.38. The molecule has 0 saturated carbocycles. The second-order valence-corrected chi connectivity index (χ2v) is 9.26. The third-order valence-corrected chi connectivity index (χ3v) is 7.23. The molecule has 1 amide bonds. The lowest BCUT2D eigenvalue weighted by atomic mass is 9.98. The van der Waals surface area contributed by atoms with Gasteiger partial charge >= 0.3 is 0 Å². The van der Waals surface area contributed by atoms with Gasteiger partial charge in [-0.25, -0.2) is 8.42 Å². The number of amides is 1. The highest BCUT2D eigenvalue weighted by Crippen LogP contribution is 2.31. The Labute approximate surface area is 172 Å². The van der Waals surface area contributed by atoms with Crippen molar-refractivity contribution in [1.29, 1.82) is 0 Å². The van der Waals surface area contributed by atoms with E-state index < -0.39 is 10.0 Å². The molecular weight excluding hydrogens is 388 g/mol. The van der Waals surface area contributed by atoms with Gasteiger partial charge in [0.1, 0.15) is 10.6 Å². The summed E-state index contributed by atoms with van der Waals surface area (Å²) in [6.45, 7) is 4.44. The number of nitrogens with one attached hydrogen (secondary N) is 1. The van der Waals surface area contributed by atoms with Gasteiger partial charge in [-0.1, -0.05) is 31.2 Å². The van der Waals surface area contributed by atoms with E-state index >= 15 is 0 Å². The van der Waals surface area contributed by atoms with Crippen LogP contribution in [0.4, 0.5) is 5.69 Å². The fourth-order valence-electron chi connectivity index (χ4n) is 3.68. The number of piperidine rings is 1. The van der Waals surface area contributed by atoms with Crippen molar-refractivity contribution in [1.82, 2.24) is 4.31 Å². The van der Waals surface area contributed by atoms with Crippen molar-refractivity contribution in [3.63, 3.8) is 0 Å². The SMILES string of the molecule is CCc1ccccc1NC(=O)[C@@H]1CCCN(S(=O)(=O)c2cc(C)ccc2OC)C1. The normalized spacial score (nSPS) is 17.7. The predicted octanol–water partition coefficient (Wildman–Crippen LogP) is 3.61. The average molecular weight is 417 g/mol. The molecule has 0 radical (unpaired) electrons. The molecule has 3 rings (SSSR count). The van der Waals surface area contributed by atoms with Crippen LogP contribution in [-0.4, -0.2) is 38.8 Å². The summed E-state index contributed by atoms with van der Waals surface area (Å²) in [6.07, 6.45) is 2.12. The van der Waals surface area contributed by atoms with Crippen LogP contribution in [0.25, 0.3) is 0 Å². The predicted molar refractivity (Wildman–Crippen MR) is 114 cm³/mol. The zero-order valence-electron chi connectivity index (χ0n) is 17.1. The van der Waals surface area contributed by atoms with E-state index in [4.69, 9.17) is 4.74 Å². The van der Waals surface area contributed by atoms with Crippen LogP contribution in [0.2, 0.25) is 0 Å². The van der Waals surface area contributed by atoms with E-state index in [0.29, 0.717) is 25.1 Å². The lowest BCUT2D eigenvalue weighted by molar-refractivity contribution is -0.120. The molecule has 7 heteroatoms. The number of anilines is 1. The number of carbonyl (C=O) groups excluding carboxylic acids is 1. The van der Waals surface area contributed by atoms with Crippen molar-refractivity contribution < 1.29 is 17.9 Å². The number of aryl methyl sites for hydroxylation is 2. The monoisotopic (exact) mass is 416 g/mol. The Bertz CT molecular complexity index is 988. The summed E-state index contributed by atoms with van der Waals surface area (Å²) in [4.78, 5) is 13.0. The van der Waals surface area contributed by atoms with Crippen molar-refractivity contribution >= 4 is 21.6 Å². The molecule has 0 aliphatic carbocycles. The van der Waals surface area contributed by atoms with Crippen LogP contribution in [0.15, 0.2) is 47.4 Å². The summed E-state index contributed by atoms with van der Waals surface area (Å²) in [5.41, 5.74) is 2.69. The number of methoxy groups -OCH3 is 1. The van der Waals surface area contributed by atoms with Gasteiger partial charge in [0.2, 0.25) is 15.9 Å². The number of hydrogen-bond donors (Lipinski definition) is 1. The molecule has 2 aromatic rings. The first kappa shape index (κ1) is 21.3. The van der Waals surface area contributed by atoms with Crippen LogP contribution in [0.5, 0.6) is 5.75 Å². The van der Waals surface area contributed by atoms with E-state index in [2.05, 4.69) is 5.32 Å². The number of nitrogens with zero attached hydrogens (tertiary/aromatic N) is 1. The van der Waals surface area contributed by atoms with E-state index in [1.54, 1.807) is 12.1 Å². The molecule has 1 heterocycles. The molecule has 0 aromatic heterocycles. The highest BCUT2D eigenvalue weighted by Gasteiger charge is 2.35. The summed E-state index contributed by atoms with van der Waals surface area (Å²) in [6, 6.07) is 12.8. The Morgan fingerprint density at radius 3 is 2.72 bits per heavy atom. The molecule has 1 atom stereocenters. The average Bonchev–Trinajstić information content (AvgIpc) is 2.74. The second-order valence-electron chi connectivity index (χ2n) is 7.36. The standard InChI is InChI=1S/C22H28N2O4S/c1-4-17-8-5-6-10-19(17)23-22(25)18-9-7-13-24(15-18)29(26,27)21-14-16(2)11-12-20(21)28-3/h5-6,8,10-12,14,18H,4,7,9,13,15H2,1-3H3,(H,23,25)/t18-/m1/s1. The van der Waals surface area contributed by atoms with Gasteiger partial charge in [0.15, 0.2) is 0 Å². The maximum absolute atomic E-state index is 13.3. The quantitative estimate of drug-likeness (QED) is 0.781. The van der Waals surface area contributed by atoms with Crippen LogP contribution < -0.4 is 10.1 Å². The lowest BCUT2D eigenvalue weighted by Gasteiger charge is -2.31. The molecule has 0 unspecified atom stereocenters. The van der Waals surface area contributed by atoms with Crippen molar-refractivity contribution in [3.8, 4) is 5.75 Å². The maximum Gasteiger partial charge on any atom is 0.246 e. The molecule has 29 heavy (non-hydrogen) atoms. The van der Waals surface area contributed by atoms with Crippen LogP contribution >= 0.6 is 0 Å². The third-order valence-electron chi connectivity index (χ3n) is 5.35. The first-order valence-electron chi connectivity index (χ1n) is 9.90. The van der Waals surface area contributed by atoms with Crippen LogP contribution in [0.3, 0.4) is 0 Å². The van der Waals surface area contributed by atoms with Gasteiger partial charge in [0.25, 0.3) is 0 Å². The zero-order valence-corrected chi connectivity index (χ0v) is 18.0. The number of carbonyl (C=O) groups is 1. The van der Waals surface area contributed by atoms with Gasteiger partial charge < -0.3 is 10.1 Å². The first-order chi connectivity index (χ1) is 13.9. The first-order valence-corrected chi connectivity index (χ1v) is 11.3. The van der Waals surface area contributed by atoms with Gasteiger partial charge in [-0.05, 0) is 55.5 Å². The minimum absolute atomic E-state index is 0.137. The Balaban J connectivity index is 1.80. The number of para-hydroxylation sites is 1. The zero-order chi connectivity index (χ0) is 21.0. The smallest absolute Gasteiger partial charge is 0.246 e. The number of ether oxygens (including phenoxy) is 1. The second kappa shape index (κ2) is 8.97. The van der Waals surface area contributed by atoms with Gasteiger partial charge in [-0.3, -0.25) is 4.79 Å². The van der Waals surface area contributed by atoms with E-state index in [9.17, 15) is 13.2 Å². The minimum atomic E-state index is -3.75. The highest BCUT2D eigenvalue weighted by molar-refractivity contribution is 7.89. The molecule has 1 saturated heterocycles. The number of rotatable bonds is 6. The van der Waals surface area contributed by atoms with Crippen LogP contribution in [-0.2, 0) is 21.2 Å². The van der Waals surface area contributed by atoms with Crippen molar-refractivity contribution in [2.24, 2.45) is 5.92 Å². The Morgan fingerprint density at radius 2 is 2.00 bits per heavy atom. The largest absolute Gasteiger partial charge is 0.495 e. The number of benzene rings is 2. The molecule has 0 bridgehead atoms. The molecule has 6 nitrogen and oxygen atoms in total. The van der Waals surface area contributed by atoms with E-state index in [1.165, 1.54) is 11.4 Å². The topological polar surface area (TPSA) is 75.7 Å². The van der Waals surface area contributed by atoms with Crippen LogP contribution in [0.1, 0.15) is 30.9 Å². The van der Waals surface area contributed by atoms with Gasteiger partial charge in [0, 0.05) is 18.8 Å². The highest BCUT2D eigenvalue weighted by atomic mass is 32.2. The molecular formula is C22H28N2O4S. The van der Waals surface area contributed by atoms with Crippen molar-refractivity contribution in [2.75, 3.05) is 25.5 Å². The van der Waals surface area contributed by atoms with Gasteiger partial charge in [0.05, 0.1) is 13.0 Å². The van der Waals surface area contributed by atoms with Crippen LogP contribution in [0, 0.1) is 12.8 Å².